The molecule has 0 aromatic heterocycles. The topological polar surface area (TPSA) is 63.6 Å². The first-order valence-corrected chi connectivity index (χ1v) is 8.88. The number of hydrogen-bond acceptors (Lipinski definition) is 3. The van der Waals surface area contributed by atoms with E-state index >= 15 is 0 Å². The Hall–Kier alpha value is -1.36. The van der Waals surface area contributed by atoms with Crippen molar-refractivity contribution >= 4 is 27.9 Å². The Balaban J connectivity index is 2.89. The molecule has 0 saturated carbocycles. The monoisotopic (exact) mass is 384 g/mol. The molecule has 5 heteroatoms. The fourth-order valence-corrected chi connectivity index (χ4v) is 2.88. The molecule has 1 atom stereocenters. The lowest BCUT2D eigenvalue weighted by Crippen LogP contribution is -2.21. The molecule has 1 aromatic carbocycles. The van der Waals surface area contributed by atoms with Crippen molar-refractivity contribution in [3.05, 3.63) is 33.8 Å². The Kier molecular flexibility index (Phi) is 8.31. The summed E-state index contributed by atoms with van der Waals surface area (Å²) in [7, 11) is 0. The van der Waals surface area contributed by atoms with Gasteiger partial charge in [-0.1, -0.05) is 39.7 Å². The second-order valence-corrected chi connectivity index (χ2v) is 6.96. The van der Waals surface area contributed by atoms with E-state index in [9.17, 15) is 14.7 Å². The van der Waals surface area contributed by atoms with Gasteiger partial charge in [-0.3, -0.25) is 0 Å². The number of benzene rings is 1. The summed E-state index contributed by atoms with van der Waals surface area (Å²) in [4.78, 5) is 23.8. The van der Waals surface area contributed by atoms with Crippen molar-refractivity contribution in [2.45, 2.75) is 59.0 Å². The van der Waals surface area contributed by atoms with Gasteiger partial charge in [0.2, 0.25) is 0 Å². The number of carboxylic acid groups (broad SMARTS) is 1. The van der Waals surface area contributed by atoms with Crippen molar-refractivity contribution in [2.75, 3.05) is 0 Å². The first-order valence-electron chi connectivity index (χ1n) is 8.09. The van der Waals surface area contributed by atoms with Gasteiger partial charge in [0.05, 0.1) is 11.1 Å². The number of rotatable bonds is 9. The van der Waals surface area contributed by atoms with Crippen LogP contribution in [0.5, 0.6) is 0 Å². The van der Waals surface area contributed by atoms with Gasteiger partial charge in [0.1, 0.15) is 6.10 Å². The van der Waals surface area contributed by atoms with Crippen LogP contribution in [-0.4, -0.2) is 23.1 Å². The van der Waals surface area contributed by atoms with E-state index < -0.39 is 11.9 Å². The predicted molar refractivity (Wildman–Crippen MR) is 93.9 cm³/mol. The fraction of sp³-hybridized carbons (Fsp3) is 0.556. The van der Waals surface area contributed by atoms with Crippen LogP contribution in [0, 0.1) is 5.92 Å². The van der Waals surface area contributed by atoms with Gasteiger partial charge in [-0.15, -0.1) is 0 Å². The third-order valence-electron chi connectivity index (χ3n) is 3.67. The number of hydrogen-bond donors (Lipinski definition) is 1. The lowest BCUT2D eigenvalue weighted by Gasteiger charge is -2.19. The fourth-order valence-electron chi connectivity index (χ4n) is 2.34. The van der Waals surface area contributed by atoms with E-state index in [1.54, 1.807) is 12.1 Å². The van der Waals surface area contributed by atoms with Crippen molar-refractivity contribution in [3.8, 4) is 0 Å². The quantitative estimate of drug-likeness (QED) is 0.586. The van der Waals surface area contributed by atoms with Crippen LogP contribution >= 0.6 is 15.9 Å². The van der Waals surface area contributed by atoms with Gasteiger partial charge in [0, 0.05) is 4.47 Å². The van der Waals surface area contributed by atoms with Crippen LogP contribution in [0.15, 0.2) is 22.7 Å². The average Bonchev–Trinajstić information content (AvgIpc) is 2.48. The van der Waals surface area contributed by atoms with E-state index in [1.807, 2.05) is 0 Å². The molecule has 0 aliphatic rings. The zero-order valence-electron chi connectivity index (χ0n) is 14.0. The van der Waals surface area contributed by atoms with Gasteiger partial charge < -0.3 is 9.84 Å². The molecule has 0 saturated heterocycles. The van der Waals surface area contributed by atoms with Crippen molar-refractivity contribution in [1.82, 2.24) is 0 Å². The molecule has 1 N–H and O–H groups in total. The lowest BCUT2D eigenvalue weighted by atomic mass is 10.0. The highest BCUT2D eigenvalue weighted by Crippen LogP contribution is 2.23. The highest BCUT2D eigenvalue weighted by atomic mass is 79.9. The number of halogens is 1. The minimum atomic E-state index is -1.14. The molecule has 1 unspecified atom stereocenters. The Morgan fingerprint density at radius 3 is 2.48 bits per heavy atom. The van der Waals surface area contributed by atoms with Gasteiger partial charge in [-0.2, -0.15) is 0 Å². The second-order valence-electron chi connectivity index (χ2n) is 6.11. The van der Waals surface area contributed by atoms with Crippen LogP contribution in [0.1, 0.15) is 73.6 Å². The Morgan fingerprint density at radius 1 is 1.22 bits per heavy atom. The Labute approximate surface area is 146 Å². The number of ether oxygens (including phenoxy) is 1. The van der Waals surface area contributed by atoms with Gasteiger partial charge in [-0.25, -0.2) is 9.59 Å². The molecular formula is C18H25BrO4. The first kappa shape index (κ1) is 19.7. The first-order chi connectivity index (χ1) is 10.9. The molecule has 128 valence electrons. The summed E-state index contributed by atoms with van der Waals surface area (Å²) in [5.74, 6) is -1.16. The van der Waals surface area contributed by atoms with Gasteiger partial charge in [0.15, 0.2) is 0 Å². The predicted octanol–water partition coefficient (Wildman–Crippen LogP) is 5.30. The highest BCUT2D eigenvalue weighted by Gasteiger charge is 2.23. The average molecular weight is 385 g/mol. The van der Waals surface area contributed by atoms with E-state index in [0.717, 1.165) is 32.1 Å². The molecule has 0 aliphatic heterocycles. The molecule has 4 nitrogen and oxygen atoms in total. The number of aromatic carboxylic acids is 1. The van der Waals surface area contributed by atoms with Crippen LogP contribution in [-0.2, 0) is 4.74 Å². The molecule has 0 amide bonds. The summed E-state index contributed by atoms with van der Waals surface area (Å²) < 4.78 is 5.99. The maximum Gasteiger partial charge on any atom is 0.339 e. The molecule has 0 spiro atoms. The largest absolute Gasteiger partial charge is 0.478 e. The van der Waals surface area contributed by atoms with Crippen molar-refractivity contribution in [2.24, 2.45) is 5.92 Å². The smallest absolute Gasteiger partial charge is 0.339 e. The second kappa shape index (κ2) is 9.71. The zero-order valence-corrected chi connectivity index (χ0v) is 15.6. The van der Waals surface area contributed by atoms with E-state index in [0.29, 0.717) is 10.4 Å². The molecule has 1 aromatic rings. The molecule has 0 radical (unpaired) electrons. The number of unbranched alkanes of at least 4 members (excludes halogenated alkanes) is 1. The molecule has 0 aliphatic carbocycles. The van der Waals surface area contributed by atoms with Gasteiger partial charge >= 0.3 is 11.9 Å². The standard InChI is InChI=1S/C18H25BrO4/c1-4-5-7-13(11-10-12(2)3)23-18(22)14-8-6-9-15(19)16(14)17(20)21/h6,8-9,12-13H,4-5,7,10-11H2,1-3H3,(H,20,21). The maximum atomic E-state index is 12.4. The van der Waals surface area contributed by atoms with E-state index in [4.69, 9.17) is 4.74 Å². The normalized spacial score (nSPS) is 12.2. The number of carboxylic acids is 1. The van der Waals surface area contributed by atoms with E-state index in [1.165, 1.54) is 6.07 Å². The summed E-state index contributed by atoms with van der Waals surface area (Å²) in [6.07, 6.45) is 4.45. The summed E-state index contributed by atoms with van der Waals surface area (Å²) in [5, 5.41) is 9.31. The SMILES string of the molecule is CCCCC(CCC(C)C)OC(=O)c1cccc(Br)c1C(=O)O. The molecule has 1 rings (SSSR count). The molecule has 0 heterocycles. The number of carbonyl (C=O) groups is 2. The van der Waals surface area contributed by atoms with Gasteiger partial charge in [0.25, 0.3) is 0 Å². The molecule has 0 fully saturated rings. The van der Waals surface area contributed by atoms with Crippen LogP contribution in [0.4, 0.5) is 0 Å². The van der Waals surface area contributed by atoms with E-state index in [-0.39, 0.29) is 17.2 Å². The van der Waals surface area contributed by atoms with E-state index in [2.05, 4.69) is 36.7 Å². The third kappa shape index (κ3) is 6.34. The molecule has 0 bridgehead atoms. The van der Waals surface area contributed by atoms with Crippen LogP contribution in [0.2, 0.25) is 0 Å². The van der Waals surface area contributed by atoms with Crippen LogP contribution in [0.3, 0.4) is 0 Å². The Morgan fingerprint density at radius 2 is 1.91 bits per heavy atom. The summed E-state index contributed by atoms with van der Waals surface area (Å²) in [6, 6.07) is 4.74. The minimum Gasteiger partial charge on any atom is -0.478 e. The van der Waals surface area contributed by atoms with Crippen molar-refractivity contribution in [1.29, 1.82) is 0 Å². The molecular weight excluding hydrogens is 360 g/mol. The summed E-state index contributed by atoms with van der Waals surface area (Å²) in [6.45, 7) is 6.36. The lowest BCUT2D eigenvalue weighted by molar-refractivity contribution is 0.0238. The summed E-state index contributed by atoms with van der Waals surface area (Å²) in [5.41, 5.74) is 0.0496. The third-order valence-corrected chi connectivity index (χ3v) is 4.33. The minimum absolute atomic E-state index is 0.0457. The Bertz CT molecular complexity index is 540. The zero-order chi connectivity index (χ0) is 17.4. The van der Waals surface area contributed by atoms with Crippen LogP contribution in [0.25, 0.3) is 0 Å². The van der Waals surface area contributed by atoms with Crippen LogP contribution < -0.4 is 0 Å². The van der Waals surface area contributed by atoms with Crippen molar-refractivity contribution in [3.63, 3.8) is 0 Å². The number of esters is 1. The highest BCUT2D eigenvalue weighted by molar-refractivity contribution is 9.10. The molecule has 23 heavy (non-hydrogen) atoms. The van der Waals surface area contributed by atoms with Crippen molar-refractivity contribution < 1.29 is 19.4 Å². The maximum absolute atomic E-state index is 12.4. The summed E-state index contributed by atoms with van der Waals surface area (Å²) >= 11 is 3.19. The number of carbonyl (C=O) groups excluding carboxylic acids is 1. The van der Waals surface area contributed by atoms with Gasteiger partial charge in [-0.05, 0) is 53.2 Å².